The van der Waals surface area contributed by atoms with Crippen LogP contribution in [0.2, 0.25) is 0 Å². The van der Waals surface area contributed by atoms with Crippen LogP contribution in [0, 0.1) is 6.92 Å². The van der Waals surface area contributed by atoms with Crippen molar-refractivity contribution in [3.05, 3.63) is 59.0 Å². The van der Waals surface area contributed by atoms with Gasteiger partial charge in [0.2, 0.25) is 4.96 Å². The minimum atomic E-state index is 0.757. The van der Waals surface area contributed by atoms with Crippen LogP contribution in [0.15, 0.2) is 47.1 Å². The Hall–Kier alpha value is -2.73. The molecule has 0 aliphatic heterocycles. The number of hydrogen-bond acceptors (Lipinski definition) is 5. The van der Waals surface area contributed by atoms with Gasteiger partial charge in [-0.3, -0.25) is 0 Å². The van der Waals surface area contributed by atoms with Gasteiger partial charge in [-0.2, -0.15) is 9.61 Å². The zero-order valence-electron chi connectivity index (χ0n) is 11.8. The predicted octanol–water partition coefficient (Wildman–Crippen LogP) is 3.92. The first kappa shape index (κ1) is 13.0. The Morgan fingerprint density at radius 3 is 2.91 bits per heavy atom. The molecule has 0 aliphatic carbocycles. The van der Waals surface area contributed by atoms with Gasteiger partial charge in [0.15, 0.2) is 5.82 Å². The first-order valence-corrected chi connectivity index (χ1v) is 7.62. The van der Waals surface area contributed by atoms with Crippen LogP contribution in [-0.2, 0) is 0 Å². The molecule has 0 saturated heterocycles. The van der Waals surface area contributed by atoms with E-state index in [9.17, 15) is 0 Å². The lowest BCUT2D eigenvalue weighted by molar-refractivity contribution is 0.557. The van der Waals surface area contributed by atoms with Crippen LogP contribution in [0.4, 0.5) is 0 Å². The Morgan fingerprint density at radius 2 is 2.09 bits per heavy atom. The first-order chi connectivity index (χ1) is 10.8. The molecule has 1 aromatic carbocycles. The Labute approximate surface area is 130 Å². The third kappa shape index (κ3) is 2.33. The van der Waals surface area contributed by atoms with Crippen molar-refractivity contribution in [2.75, 3.05) is 0 Å². The minimum absolute atomic E-state index is 0.757. The Morgan fingerprint density at radius 1 is 1.14 bits per heavy atom. The summed E-state index contributed by atoms with van der Waals surface area (Å²) in [7, 11) is 0. The molecule has 0 fully saturated rings. The third-order valence-electron chi connectivity index (χ3n) is 3.22. The highest BCUT2D eigenvalue weighted by molar-refractivity contribution is 7.17. The van der Waals surface area contributed by atoms with Gasteiger partial charge in [0.25, 0.3) is 0 Å². The number of aromatic nitrogens is 4. The maximum atomic E-state index is 5.27. The van der Waals surface area contributed by atoms with E-state index in [4.69, 9.17) is 4.42 Å². The van der Waals surface area contributed by atoms with Gasteiger partial charge in [-0.15, -0.1) is 10.2 Å². The van der Waals surface area contributed by atoms with Gasteiger partial charge >= 0.3 is 0 Å². The van der Waals surface area contributed by atoms with Gasteiger partial charge in [-0.05, 0) is 37.3 Å². The molecule has 0 amide bonds. The van der Waals surface area contributed by atoms with Crippen molar-refractivity contribution >= 4 is 28.4 Å². The second kappa shape index (κ2) is 5.23. The number of fused-ring (bicyclic) bond motifs is 1. The van der Waals surface area contributed by atoms with Crippen LogP contribution < -0.4 is 0 Å². The molecule has 0 atom stereocenters. The number of hydrogen-bond donors (Lipinski definition) is 0. The lowest BCUT2D eigenvalue weighted by Gasteiger charge is -1.98. The van der Waals surface area contributed by atoms with Crippen molar-refractivity contribution < 1.29 is 4.42 Å². The van der Waals surface area contributed by atoms with Crippen LogP contribution >= 0.6 is 11.3 Å². The van der Waals surface area contributed by atoms with Crippen molar-refractivity contribution in [1.82, 2.24) is 19.8 Å². The predicted molar refractivity (Wildman–Crippen MR) is 86.5 cm³/mol. The van der Waals surface area contributed by atoms with E-state index in [0.29, 0.717) is 0 Å². The smallest absolute Gasteiger partial charge is 0.235 e. The fraction of sp³-hybridized carbons (Fsp3) is 0.0625. The zero-order valence-corrected chi connectivity index (χ0v) is 12.6. The third-order valence-corrected chi connectivity index (χ3v) is 4.08. The average molecular weight is 308 g/mol. The zero-order chi connectivity index (χ0) is 14.9. The molecule has 0 spiro atoms. The lowest BCUT2D eigenvalue weighted by Crippen LogP contribution is -1.91. The number of aryl methyl sites for hydroxylation is 1. The van der Waals surface area contributed by atoms with Crippen LogP contribution in [0.25, 0.3) is 28.5 Å². The van der Waals surface area contributed by atoms with Crippen molar-refractivity contribution in [3.63, 3.8) is 0 Å². The topological polar surface area (TPSA) is 56.2 Å². The minimum Gasteiger partial charge on any atom is -0.465 e. The largest absolute Gasteiger partial charge is 0.465 e. The summed E-state index contributed by atoms with van der Waals surface area (Å²) in [6, 6.07) is 11.9. The summed E-state index contributed by atoms with van der Waals surface area (Å²) in [5.41, 5.74) is 2.20. The Balaban J connectivity index is 1.73. The van der Waals surface area contributed by atoms with Crippen LogP contribution in [0.1, 0.15) is 16.3 Å². The Kier molecular flexibility index (Phi) is 3.08. The van der Waals surface area contributed by atoms with Crippen molar-refractivity contribution in [2.45, 2.75) is 6.92 Å². The fourth-order valence-corrected chi connectivity index (χ4v) is 2.94. The van der Waals surface area contributed by atoms with Crippen LogP contribution in [-0.4, -0.2) is 19.8 Å². The molecule has 3 heterocycles. The molecule has 3 aromatic heterocycles. The average Bonchev–Trinajstić information content (AvgIpc) is 3.22. The summed E-state index contributed by atoms with van der Waals surface area (Å²) in [4.78, 5) is 0.774. The molecule has 0 bridgehead atoms. The van der Waals surface area contributed by atoms with Crippen molar-refractivity contribution in [3.8, 4) is 11.4 Å². The van der Waals surface area contributed by atoms with Crippen LogP contribution in [0.3, 0.4) is 0 Å². The molecule has 0 aliphatic rings. The van der Waals surface area contributed by atoms with E-state index in [1.54, 1.807) is 10.8 Å². The number of furan rings is 1. The van der Waals surface area contributed by atoms with E-state index in [-0.39, 0.29) is 0 Å². The fourth-order valence-electron chi connectivity index (χ4n) is 2.20. The van der Waals surface area contributed by atoms with Gasteiger partial charge in [0.05, 0.1) is 6.26 Å². The van der Waals surface area contributed by atoms with E-state index in [1.165, 1.54) is 16.9 Å². The van der Waals surface area contributed by atoms with E-state index in [2.05, 4.69) is 34.4 Å². The molecule has 108 valence electrons. The van der Waals surface area contributed by atoms with Gasteiger partial charge in [-0.25, -0.2) is 0 Å². The first-order valence-electron chi connectivity index (χ1n) is 6.80. The van der Waals surface area contributed by atoms with E-state index in [0.717, 1.165) is 27.1 Å². The highest BCUT2D eigenvalue weighted by atomic mass is 32.1. The van der Waals surface area contributed by atoms with Gasteiger partial charge < -0.3 is 4.42 Å². The SMILES string of the molecule is Cc1cccc(-c2nnc3sc(/C=C/c4ccco4)nn23)c1. The highest BCUT2D eigenvalue weighted by Gasteiger charge is 2.12. The molecule has 4 rings (SSSR count). The van der Waals surface area contributed by atoms with E-state index >= 15 is 0 Å². The van der Waals surface area contributed by atoms with Gasteiger partial charge in [0, 0.05) is 5.56 Å². The number of nitrogens with zero attached hydrogens (tertiary/aromatic N) is 4. The second-order valence-electron chi connectivity index (χ2n) is 4.88. The molecule has 4 aromatic rings. The van der Waals surface area contributed by atoms with Gasteiger partial charge in [-0.1, -0.05) is 35.1 Å². The molecule has 0 N–H and O–H groups in total. The summed E-state index contributed by atoms with van der Waals surface area (Å²) >= 11 is 1.49. The molecule has 22 heavy (non-hydrogen) atoms. The monoisotopic (exact) mass is 308 g/mol. The van der Waals surface area contributed by atoms with Crippen molar-refractivity contribution in [2.24, 2.45) is 0 Å². The highest BCUT2D eigenvalue weighted by Crippen LogP contribution is 2.23. The molecular weight excluding hydrogens is 296 g/mol. The van der Waals surface area contributed by atoms with Gasteiger partial charge in [0.1, 0.15) is 10.8 Å². The summed E-state index contributed by atoms with van der Waals surface area (Å²) in [6.45, 7) is 2.06. The van der Waals surface area contributed by atoms with E-state index < -0.39 is 0 Å². The molecule has 6 heteroatoms. The summed E-state index contributed by atoms with van der Waals surface area (Å²) < 4.78 is 7.05. The standard InChI is InChI=1S/C16H12N4OS/c1-11-4-2-5-12(10-11)15-17-18-16-20(15)19-14(22-16)8-7-13-6-3-9-21-13/h2-10H,1H3/b8-7+. The van der Waals surface area contributed by atoms with Crippen molar-refractivity contribution in [1.29, 1.82) is 0 Å². The molecule has 0 unspecified atom stereocenters. The van der Waals surface area contributed by atoms with Crippen LogP contribution in [0.5, 0.6) is 0 Å². The molecule has 5 nitrogen and oxygen atoms in total. The number of rotatable bonds is 3. The maximum Gasteiger partial charge on any atom is 0.235 e. The quantitative estimate of drug-likeness (QED) is 0.575. The summed E-state index contributed by atoms with van der Waals surface area (Å²) in [5.74, 6) is 1.55. The Bertz CT molecular complexity index is 950. The lowest BCUT2D eigenvalue weighted by atomic mass is 10.1. The molecule has 0 radical (unpaired) electrons. The maximum absolute atomic E-state index is 5.27. The molecular formula is C16H12N4OS. The second-order valence-corrected chi connectivity index (χ2v) is 5.86. The summed E-state index contributed by atoms with van der Waals surface area (Å²) in [5, 5.41) is 13.9. The number of benzene rings is 1. The summed E-state index contributed by atoms with van der Waals surface area (Å²) in [6.07, 6.45) is 5.45. The normalized spacial score (nSPS) is 11.7. The molecule has 0 saturated carbocycles. The van der Waals surface area contributed by atoms with E-state index in [1.807, 2.05) is 36.4 Å².